The molecule has 134 valence electrons. The number of aromatic nitrogens is 1. The molecule has 4 rings (SSSR count). The van der Waals surface area contributed by atoms with Gasteiger partial charge in [0, 0.05) is 30.9 Å². The Hall–Kier alpha value is -3.22. The summed E-state index contributed by atoms with van der Waals surface area (Å²) >= 11 is 0. The van der Waals surface area contributed by atoms with E-state index in [0.29, 0.717) is 19.5 Å². The molecule has 2 N–H and O–H groups in total. The van der Waals surface area contributed by atoms with Crippen LogP contribution in [0.2, 0.25) is 0 Å². The van der Waals surface area contributed by atoms with Gasteiger partial charge in [0.25, 0.3) is 0 Å². The molecule has 2 aliphatic rings. The normalized spacial score (nSPS) is 24.5. The maximum atomic E-state index is 11.5. The second-order valence-corrected chi connectivity index (χ2v) is 6.58. The van der Waals surface area contributed by atoms with E-state index in [1.807, 2.05) is 48.8 Å². The Morgan fingerprint density at radius 1 is 1.15 bits per heavy atom. The first-order chi connectivity index (χ1) is 12.5. The summed E-state index contributed by atoms with van der Waals surface area (Å²) in [6.07, 6.45) is 5.26. The molecule has 3 heterocycles. The van der Waals surface area contributed by atoms with Gasteiger partial charge in [0.1, 0.15) is 17.5 Å². The van der Waals surface area contributed by atoms with E-state index in [2.05, 4.69) is 4.57 Å². The van der Waals surface area contributed by atoms with Crippen LogP contribution in [0.5, 0.6) is 5.75 Å². The fourth-order valence-corrected chi connectivity index (χ4v) is 4.03. The predicted octanol–water partition coefficient (Wildman–Crippen LogP) is 1.97. The molecule has 0 bridgehead atoms. The standard InChI is InChI=1S/C19H18N2O5/c22-16(23)11-14(18(24)25)21-10-7-19(12-21)17(20-8-3-4-9-20)13-5-1-2-6-15(13)26-19/h1-6,8-9,11,17H,7,10,12H2,(H,22,23)(H,24,25)/b14-11+. The summed E-state index contributed by atoms with van der Waals surface area (Å²) < 4.78 is 8.39. The van der Waals surface area contributed by atoms with Crippen molar-refractivity contribution in [3.8, 4) is 5.75 Å². The van der Waals surface area contributed by atoms with Crippen molar-refractivity contribution in [3.05, 3.63) is 66.1 Å². The van der Waals surface area contributed by atoms with Gasteiger partial charge >= 0.3 is 11.9 Å². The first-order valence-corrected chi connectivity index (χ1v) is 8.33. The zero-order chi connectivity index (χ0) is 18.3. The van der Waals surface area contributed by atoms with E-state index >= 15 is 0 Å². The highest BCUT2D eigenvalue weighted by Gasteiger charge is 2.54. The van der Waals surface area contributed by atoms with Crippen LogP contribution >= 0.6 is 0 Å². The lowest BCUT2D eigenvalue weighted by molar-refractivity contribution is -0.136. The average Bonchev–Trinajstić information content (AvgIpc) is 3.31. The Morgan fingerprint density at radius 2 is 1.88 bits per heavy atom. The number of hydrogen-bond donors (Lipinski definition) is 2. The van der Waals surface area contributed by atoms with Crippen LogP contribution in [0.15, 0.2) is 60.6 Å². The fraction of sp³-hybridized carbons (Fsp3) is 0.263. The van der Waals surface area contributed by atoms with E-state index in [1.54, 1.807) is 4.90 Å². The lowest BCUT2D eigenvalue weighted by atomic mass is 9.90. The van der Waals surface area contributed by atoms with Gasteiger partial charge in [0.05, 0.1) is 12.6 Å². The number of rotatable bonds is 4. The van der Waals surface area contributed by atoms with Gasteiger partial charge in [-0.15, -0.1) is 0 Å². The van der Waals surface area contributed by atoms with E-state index in [1.165, 1.54) is 0 Å². The minimum atomic E-state index is -1.28. The molecule has 7 heteroatoms. The van der Waals surface area contributed by atoms with Gasteiger partial charge in [-0.25, -0.2) is 9.59 Å². The van der Waals surface area contributed by atoms with Gasteiger partial charge in [-0.3, -0.25) is 0 Å². The van der Waals surface area contributed by atoms with Crippen LogP contribution in [0.3, 0.4) is 0 Å². The third-order valence-electron chi connectivity index (χ3n) is 5.03. The number of hydrogen-bond acceptors (Lipinski definition) is 4. The van der Waals surface area contributed by atoms with Gasteiger partial charge < -0.3 is 24.4 Å². The highest BCUT2D eigenvalue weighted by Crippen LogP contribution is 2.50. The van der Waals surface area contributed by atoms with E-state index < -0.39 is 17.5 Å². The smallest absolute Gasteiger partial charge is 0.352 e. The summed E-state index contributed by atoms with van der Waals surface area (Å²) in [5.74, 6) is -1.74. The summed E-state index contributed by atoms with van der Waals surface area (Å²) in [4.78, 5) is 24.1. The summed E-state index contributed by atoms with van der Waals surface area (Å²) in [5.41, 5.74) is 0.181. The highest BCUT2D eigenvalue weighted by atomic mass is 16.5. The van der Waals surface area contributed by atoms with Gasteiger partial charge in [0.15, 0.2) is 5.60 Å². The number of likely N-dealkylation sites (tertiary alicyclic amines) is 1. The molecule has 0 saturated carbocycles. The molecular formula is C19H18N2O5. The maximum Gasteiger partial charge on any atom is 0.352 e. The predicted molar refractivity (Wildman–Crippen MR) is 91.9 cm³/mol. The molecule has 7 nitrogen and oxygen atoms in total. The quantitative estimate of drug-likeness (QED) is 0.816. The number of carbonyl (C=O) groups is 2. The van der Waals surface area contributed by atoms with E-state index in [9.17, 15) is 14.7 Å². The molecule has 1 aromatic heterocycles. The van der Waals surface area contributed by atoms with E-state index in [4.69, 9.17) is 9.84 Å². The average molecular weight is 354 g/mol. The molecule has 2 aliphatic heterocycles. The summed E-state index contributed by atoms with van der Waals surface area (Å²) in [5, 5.41) is 18.4. The number of nitrogens with zero attached hydrogens (tertiary/aromatic N) is 2. The number of fused-ring (bicyclic) bond motifs is 1. The van der Waals surface area contributed by atoms with Crippen molar-refractivity contribution in [2.45, 2.75) is 18.1 Å². The number of aliphatic carboxylic acids is 2. The Labute approximate surface area is 149 Å². The highest BCUT2D eigenvalue weighted by molar-refractivity contribution is 5.94. The van der Waals surface area contributed by atoms with Crippen molar-refractivity contribution in [2.75, 3.05) is 13.1 Å². The van der Waals surface area contributed by atoms with Crippen molar-refractivity contribution in [3.63, 3.8) is 0 Å². The van der Waals surface area contributed by atoms with Crippen LogP contribution in [-0.2, 0) is 9.59 Å². The monoisotopic (exact) mass is 354 g/mol. The second-order valence-electron chi connectivity index (χ2n) is 6.58. The van der Waals surface area contributed by atoms with Gasteiger partial charge in [-0.1, -0.05) is 18.2 Å². The number of carboxylic acid groups (broad SMARTS) is 2. The maximum absolute atomic E-state index is 11.5. The SMILES string of the molecule is O=C(O)/C=C(\C(=O)O)N1CCC2(C1)Oc1ccccc1C2n1cccc1. The summed E-state index contributed by atoms with van der Waals surface area (Å²) in [7, 11) is 0. The van der Waals surface area contributed by atoms with Crippen molar-refractivity contribution >= 4 is 11.9 Å². The van der Waals surface area contributed by atoms with Crippen molar-refractivity contribution in [1.82, 2.24) is 9.47 Å². The van der Waals surface area contributed by atoms with Crippen LogP contribution in [0, 0.1) is 0 Å². The number of benzene rings is 1. The summed E-state index contributed by atoms with van der Waals surface area (Å²) in [6.45, 7) is 0.715. The Morgan fingerprint density at radius 3 is 2.58 bits per heavy atom. The van der Waals surface area contributed by atoms with Gasteiger partial charge in [0.2, 0.25) is 0 Å². The van der Waals surface area contributed by atoms with Crippen LogP contribution in [0.4, 0.5) is 0 Å². The van der Waals surface area contributed by atoms with Crippen LogP contribution in [0.1, 0.15) is 18.0 Å². The summed E-state index contributed by atoms with van der Waals surface area (Å²) in [6, 6.07) is 11.6. The van der Waals surface area contributed by atoms with Crippen LogP contribution in [0.25, 0.3) is 0 Å². The van der Waals surface area contributed by atoms with Crippen LogP contribution in [-0.4, -0.2) is 50.3 Å². The molecule has 2 atom stereocenters. The van der Waals surface area contributed by atoms with Crippen molar-refractivity contribution < 1.29 is 24.5 Å². The second kappa shape index (κ2) is 5.94. The lowest BCUT2D eigenvalue weighted by Crippen LogP contribution is -2.44. The molecular weight excluding hydrogens is 336 g/mol. The largest absolute Gasteiger partial charge is 0.482 e. The molecule has 26 heavy (non-hydrogen) atoms. The van der Waals surface area contributed by atoms with Crippen molar-refractivity contribution in [1.29, 1.82) is 0 Å². The van der Waals surface area contributed by atoms with Crippen LogP contribution < -0.4 is 4.74 Å². The van der Waals surface area contributed by atoms with E-state index in [0.717, 1.165) is 17.4 Å². The van der Waals surface area contributed by atoms with Gasteiger partial charge in [-0.2, -0.15) is 0 Å². The third kappa shape index (κ3) is 2.52. The molecule has 1 saturated heterocycles. The van der Waals surface area contributed by atoms with E-state index in [-0.39, 0.29) is 11.7 Å². The minimum Gasteiger partial charge on any atom is -0.482 e. The molecule has 0 radical (unpaired) electrons. The molecule has 0 aliphatic carbocycles. The topological polar surface area (TPSA) is 92.0 Å². The number of para-hydroxylation sites is 1. The zero-order valence-electron chi connectivity index (χ0n) is 13.9. The molecule has 0 amide bonds. The molecule has 2 aromatic rings. The van der Waals surface area contributed by atoms with Crippen molar-refractivity contribution in [2.24, 2.45) is 0 Å². The third-order valence-corrected chi connectivity index (χ3v) is 5.03. The molecule has 1 spiro atoms. The first-order valence-electron chi connectivity index (χ1n) is 8.33. The number of carboxylic acids is 2. The fourth-order valence-electron chi connectivity index (χ4n) is 4.03. The Balaban J connectivity index is 1.73. The zero-order valence-corrected chi connectivity index (χ0v) is 13.9. The minimum absolute atomic E-state index is 0.0985. The molecule has 2 unspecified atom stereocenters. The molecule has 1 aromatic carbocycles. The molecule has 1 fully saturated rings. The number of ether oxygens (including phenoxy) is 1. The lowest BCUT2D eigenvalue weighted by Gasteiger charge is -2.32. The Kier molecular flexibility index (Phi) is 3.72. The van der Waals surface area contributed by atoms with Gasteiger partial charge in [-0.05, 0) is 18.2 Å². The Bertz CT molecular complexity index is 889. The first kappa shape index (κ1) is 16.3.